The highest BCUT2D eigenvalue weighted by atomic mass is 79.9. The highest BCUT2D eigenvalue weighted by Gasteiger charge is 2.31. The molecule has 0 spiro atoms. The maximum atomic E-state index is 12.4. The third kappa shape index (κ3) is 5.04. The minimum absolute atomic E-state index is 0.132. The number of halogens is 1. The molecule has 0 saturated carbocycles. The smallest absolute Gasteiger partial charge is 0.379 e. The topological polar surface area (TPSA) is 69.9 Å². The van der Waals surface area contributed by atoms with Gasteiger partial charge in [0, 0.05) is 40.4 Å². The van der Waals surface area contributed by atoms with Gasteiger partial charge in [-0.05, 0) is 90.3 Å². The number of furan rings is 1. The lowest BCUT2D eigenvalue weighted by Crippen LogP contribution is -2.32. The van der Waals surface area contributed by atoms with E-state index in [0.717, 1.165) is 36.6 Å². The lowest BCUT2D eigenvalue weighted by molar-refractivity contribution is 0.0701. The fourth-order valence-electron chi connectivity index (χ4n) is 5.01. The van der Waals surface area contributed by atoms with Crippen LogP contribution in [-0.2, 0) is 4.74 Å². The summed E-state index contributed by atoms with van der Waals surface area (Å²) in [5, 5.41) is 3.66. The van der Waals surface area contributed by atoms with Crippen molar-refractivity contribution in [2.75, 3.05) is 19.5 Å². The quantitative estimate of drug-likeness (QED) is 0.171. The molecule has 0 fully saturated rings. The number of anilines is 1. The molecule has 1 aliphatic heterocycles. The van der Waals surface area contributed by atoms with Crippen LogP contribution >= 0.6 is 27.3 Å². The molecule has 0 radical (unpaired) electrons. The highest BCUT2D eigenvalue weighted by Crippen LogP contribution is 2.48. The standard InChI is InChI=1S/C30H28BrNO5S/c1-17-16-30(2,3)32-21-11-10-20(27(26(17)21)28(35-5)24-12-13-25(31)38-24)19-9-8-18(15-23(19)34-4)37-29(33)22-7-6-14-36-22/h6-16,28,32H,1-5H3. The fraction of sp³-hybridized carbons (Fsp3) is 0.233. The van der Waals surface area contributed by atoms with Gasteiger partial charge in [0.1, 0.15) is 17.6 Å². The minimum atomic E-state index is -0.573. The summed E-state index contributed by atoms with van der Waals surface area (Å²) in [6.07, 6.45) is 3.36. The normalized spacial score (nSPS) is 14.7. The van der Waals surface area contributed by atoms with E-state index in [1.807, 2.05) is 12.1 Å². The van der Waals surface area contributed by atoms with Gasteiger partial charge >= 0.3 is 5.97 Å². The predicted molar refractivity (Wildman–Crippen MR) is 154 cm³/mol. The molecule has 0 saturated heterocycles. The van der Waals surface area contributed by atoms with Crippen molar-refractivity contribution in [3.63, 3.8) is 0 Å². The number of rotatable bonds is 7. The Morgan fingerprint density at radius 2 is 1.87 bits per heavy atom. The molecule has 5 rings (SSSR count). The first kappa shape index (κ1) is 26.3. The van der Waals surface area contributed by atoms with Crippen molar-refractivity contribution < 1.29 is 23.4 Å². The zero-order valence-corrected chi connectivity index (χ0v) is 24.2. The number of allylic oxidation sites excluding steroid dienone is 1. The molecule has 2 aromatic carbocycles. The van der Waals surface area contributed by atoms with Crippen LogP contribution in [0.5, 0.6) is 11.5 Å². The molecule has 4 aromatic rings. The average Bonchev–Trinajstić information content (AvgIpc) is 3.56. The molecular formula is C30H28BrNO5S. The number of esters is 1. The van der Waals surface area contributed by atoms with Crippen molar-refractivity contribution in [2.45, 2.75) is 32.4 Å². The Bertz CT molecular complexity index is 1520. The van der Waals surface area contributed by atoms with Crippen LogP contribution < -0.4 is 14.8 Å². The number of thiophene rings is 1. The van der Waals surface area contributed by atoms with Gasteiger partial charge < -0.3 is 23.9 Å². The van der Waals surface area contributed by atoms with Crippen LogP contribution in [0.25, 0.3) is 16.7 Å². The van der Waals surface area contributed by atoms with E-state index in [4.69, 9.17) is 18.6 Å². The molecule has 0 aliphatic carbocycles. The van der Waals surface area contributed by atoms with E-state index in [1.54, 1.807) is 49.8 Å². The predicted octanol–water partition coefficient (Wildman–Crippen LogP) is 8.34. The summed E-state index contributed by atoms with van der Waals surface area (Å²) < 4.78 is 23.7. The van der Waals surface area contributed by atoms with Gasteiger partial charge in [-0.2, -0.15) is 0 Å². The van der Waals surface area contributed by atoms with Crippen LogP contribution in [0, 0.1) is 0 Å². The van der Waals surface area contributed by atoms with Crippen molar-refractivity contribution in [1.82, 2.24) is 0 Å². The maximum Gasteiger partial charge on any atom is 0.379 e. The second-order valence-corrected chi connectivity index (χ2v) is 12.1. The summed E-state index contributed by atoms with van der Waals surface area (Å²) in [6.45, 7) is 6.45. The molecule has 8 heteroatoms. The van der Waals surface area contributed by atoms with E-state index in [-0.39, 0.29) is 17.4 Å². The summed E-state index contributed by atoms with van der Waals surface area (Å²) in [4.78, 5) is 13.5. The van der Waals surface area contributed by atoms with Crippen molar-refractivity contribution in [3.8, 4) is 22.6 Å². The van der Waals surface area contributed by atoms with E-state index < -0.39 is 5.97 Å². The molecule has 2 aromatic heterocycles. The molecule has 1 aliphatic rings. The van der Waals surface area contributed by atoms with Gasteiger partial charge in [0.2, 0.25) is 5.76 Å². The van der Waals surface area contributed by atoms with Crippen molar-refractivity contribution in [1.29, 1.82) is 0 Å². The first-order valence-electron chi connectivity index (χ1n) is 12.1. The zero-order valence-electron chi connectivity index (χ0n) is 21.8. The van der Waals surface area contributed by atoms with E-state index in [0.29, 0.717) is 11.5 Å². The first-order valence-corrected chi connectivity index (χ1v) is 13.7. The van der Waals surface area contributed by atoms with Crippen LogP contribution in [0.1, 0.15) is 53.4 Å². The Labute approximate surface area is 234 Å². The van der Waals surface area contributed by atoms with Gasteiger partial charge in [0.25, 0.3) is 0 Å². The number of hydrogen-bond acceptors (Lipinski definition) is 7. The van der Waals surface area contributed by atoms with Crippen LogP contribution in [0.15, 0.2) is 75.1 Å². The Balaban J connectivity index is 1.67. The summed E-state index contributed by atoms with van der Waals surface area (Å²) in [5.74, 6) is 0.490. The van der Waals surface area contributed by atoms with Gasteiger partial charge in [-0.15, -0.1) is 11.3 Å². The number of ether oxygens (including phenoxy) is 3. The van der Waals surface area contributed by atoms with E-state index in [9.17, 15) is 4.79 Å². The van der Waals surface area contributed by atoms with Crippen molar-refractivity contribution >= 4 is 44.5 Å². The third-order valence-corrected chi connectivity index (χ3v) is 8.09. The van der Waals surface area contributed by atoms with E-state index in [2.05, 4.69) is 66.3 Å². The molecule has 3 heterocycles. The molecular weight excluding hydrogens is 566 g/mol. The molecule has 1 unspecified atom stereocenters. The average molecular weight is 595 g/mol. The number of benzene rings is 2. The van der Waals surface area contributed by atoms with Crippen molar-refractivity contribution in [2.24, 2.45) is 0 Å². The first-order chi connectivity index (χ1) is 18.2. The van der Waals surface area contributed by atoms with Gasteiger partial charge in [-0.1, -0.05) is 12.1 Å². The Hall–Kier alpha value is -3.33. The van der Waals surface area contributed by atoms with Crippen LogP contribution in [0.2, 0.25) is 0 Å². The summed E-state index contributed by atoms with van der Waals surface area (Å²) in [6, 6.07) is 16.9. The number of carbonyl (C=O) groups excluding carboxylic acids is 1. The molecule has 0 bridgehead atoms. The molecule has 1 atom stereocenters. The maximum absolute atomic E-state index is 12.4. The number of fused-ring (bicyclic) bond motifs is 1. The molecule has 196 valence electrons. The number of carbonyl (C=O) groups is 1. The lowest BCUT2D eigenvalue weighted by Gasteiger charge is -2.35. The van der Waals surface area contributed by atoms with E-state index >= 15 is 0 Å². The van der Waals surface area contributed by atoms with Gasteiger partial charge in [-0.25, -0.2) is 4.79 Å². The minimum Gasteiger partial charge on any atom is -0.496 e. The zero-order chi connectivity index (χ0) is 27.0. The number of hydrogen-bond donors (Lipinski definition) is 1. The Morgan fingerprint density at radius 3 is 2.53 bits per heavy atom. The molecule has 6 nitrogen and oxygen atoms in total. The van der Waals surface area contributed by atoms with Crippen LogP contribution in [0.4, 0.5) is 5.69 Å². The molecule has 0 amide bonds. The number of nitrogens with one attached hydrogen (secondary N) is 1. The third-order valence-electron chi connectivity index (χ3n) is 6.42. The molecule has 38 heavy (non-hydrogen) atoms. The van der Waals surface area contributed by atoms with Gasteiger partial charge in [-0.3, -0.25) is 0 Å². The van der Waals surface area contributed by atoms with Gasteiger partial charge in [0.05, 0.1) is 22.7 Å². The fourth-order valence-corrected chi connectivity index (χ4v) is 6.52. The number of methoxy groups -OCH3 is 2. The molecule has 1 N–H and O–H groups in total. The highest BCUT2D eigenvalue weighted by molar-refractivity contribution is 9.11. The second-order valence-electron chi connectivity index (χ2n) is 9.61. The van der Waals surface area contributed by atoms with Crippen LogP contribution in [0.3, 0.4) is 0 Å². The summed E-state index contributed by atoms with van der Waals surface area (Å²) in [7, 11) is 3.34. The van der Waals surface area contributed by atoms with Gasteiger partial charge in [0.15, 0.2) is 0 Å². The Kier molecular flexibility index (Phi) is 7.22. The van der Waals surface area contributed by atoms with Crippen molar-refractivity contribution in [3.05, 3.63) is 92.5 Å². The second kappa shape index (κ2) is 10.4. The lowest BCUT2D eigenvalue weighted by atomic mass is 9.82. The largest absolute Gasteiger partial charge is 0.496 e. The SMILES string of the molecule is COc1cc(OC(=O)c2ccco2)ccc1-c1ccc2c(c1C(OC)c1ccc(Br)s1)C(C)=CC(C)(C)N2. The summed E-state index contributed by atoms with van der Waals surface area (Å²) in [5.41, 5.74) is 6.01. The summed E-state index contributed by atoms with van der Waals surface area (Å²) >= 11 is 5.25. The van der Waals surface area contributed by atoms with E-state index in [1.165, 1.54) is 11.8 Å². The van der Waals surface area contributed by atoms with Crippen LogP contribution in [-0.4, -0.2) is 25.7 Å². The monoisotopic (exact) mass is 593 g/mol. The Morgan fingerprint density at radius 1 is 1.08 bits per heavy atom.